The van der Waals surface area contributed by atoms with Crippen LogP contribution in [0.15, 0.2) is 0 Å². The van der Waals surface area contributed by atoms with Crippen LogP contribution in [0.3, 0.4) is 0 Å². The normalized spacial score (nSPS) is 33.6. The largest absolute Gasteiger partial charge is 0.480 e. The van der Waals surface area contributed by atoms with E-state index in [9.17, 15) is 14.7 Å². The molecule has 1 saturated heterocycles. The van der Waals surface area contributed by atoms with Crippen LogP contribution in [-0.4, -0.2) is 46.7 Å². The summed E-state index contributed by atoms with van der Waals surface area (Å²) in [5.41, 5.74) is 0. The lowest BCUT2D eigenvalue weighted by Crippen LogP contribution is -2.50. The minimum Gasteiger partial charge on any atom is -0.480 e. The molecule has 0 bridgehead atoms. The van der Waals surface area contributed by atoms with Gasteiger partial charge in [0.15, 0.2) is 0 Å². The molecule has 2 aliphatic carbocycles. The average Bonchev–Trinajstić information content (AvgIpc) is 3.22. The number of hydrogen-bond donors (Lipinski definition) is 1. The van der Waals surface area contributed by atoms with E-state index in [0.717, 1.165) is 25.7 Å². The minimum absolute atomic E-state index is 0.110. The molecule has 0 aromatic heterocycles. The van der Waals surface area contributed by atoms with Gasteiger partial charge in [0.05, 0.1) is 6.61 Å². The molecule has 3 aliphatic rings. The highest BCUT2D eigenvalue weighted by atomic mass is 16.5. The summed E-state index contributed by atoms with van der Waals surface area (Å²) in [6.45, 7) is 2.40. The lowest BCUT2D eigenvalue weighted by molar-refractivity contribution is -0.155. The maximum atomic E-state index is 12.7. The Labute approximate surface area is 125 Å². The molecule has 3 rings (SSSR count). The fourth-order valence-electron chi connectivity index (χ4n) is 3.84. The number of ether oxygens (including phenoxy) is 1. The summed E-state index contributed by atoms with van der Waals surface area (Å²) in [6, 6.07) is -0.545. The van der Waals surface area contributed by atoms with E-state index in [-0.39, 0.29) is 11.9 Å². The first kappa shape index (κ1) is 14.8. The Bertz CT molecular complexity index is 421. The van der Waals surface area contributed by atoms with Gasteiger partial charge in [-0.25, -0.2) is 4.79 Å². The first-order valence-corrected chi connectivity index (χ1v) is 8.24. The Morgan fingerprint density at radius 3 is 2.62 bits per heavy atom. The van der Waals surface area contributed by atoms with E-state index in [2.05, 4.69) is 0 Å². The molecule has 4 atom stereocenters. The summed E-state index contributed by atoms with van der Waals surface area (Å²) < 4.78 is 5.66. The van der Waals surface area contributed by atoms with Crippen LogP contribution in [-0.2, 0) is 14.3 Å². The molecule has 0 aromatic carbocycles. The van der Waals surface area contributed by atoms with Crippen LogP contribution in [0.25, 0.3) is 0 Å². The predicted molar refractivity (Wildman–Crippen MR) is 76.8 cm³/mol. The lowest BCUT2D eigenvalue weighted by atomic mass is 9.84. The van der Waals surface area contributed by atoms with Crippen LogP contribution in [0.5, 0.6) is 0 Å². The molecule has 21 heavy (non-hydrogen) atoms. The molecule has 1 heterocycles. The van der Waals surface area contributed by atoms with Crippen molar-refractivity contribution in [3.63, 3.8) is 0 Å². The Hall–Kier alpha value is -1.10. The molecule has 3 fully saturated rings. The zero-order chi connectivity index (χ0) is 15.0. The predicted octanol–water partition coefficient (Wildman–Crippen LogP) is 2.05. The number of fused-ring (bicyclic) bond motifs is 1. The number of carbonyl (C=O) groups excluding carboxylic acids is 1. The highest BCUT2D eigenvalue weighted by molar-refractivity contribution is 5.87. The van der Waals surface area contributed by atoms with Crippen molar-refractivity contribution in [3.8, 4) is 0 Å². The molecule has 1 N–H and O–H groups in total. The van der Waals surface area contributed by atoms with Gasteiger partial charge in [0, 0.05) is 6.04 Å². The summed E-state index contributed by atoms with van der Waals surface area (Å²) in [5, 5.41) is 9.45. The van der Waals surface area contributed by atoms with Gasteiger partial charge in [-0.1, -0.05) is 12.8 Å². The highest BCUT2D eigenvalue weighted by Gasteiger charge is 2.48. The van der Waals surface area contributed by atoms with E-state index >= 15 is 0 Å². The van der Waals surface area contributed by atoms with Gasteiger partial charge in [-0.2, -0.15) is 0 Å². The average molecular weight is 295 g/mol. The fraction of sp³-hybridized carbons (Fsp3) is 0.875. The third-order valence-electron chi connectivity index (χ3n) is 5.25. The van der Waals surface area contributed by atoms with E-state index in [0.29, 0.717) is 24.9 Å². The number of carboxylic acids is 1. The maximum Gasteiger partial charge on any atom is 0.326 e. The van der Waals surface area contributed by atoms with Crippen molar-refractivity contribution in [1.29, 1.82) is 0 Å². The van der Waals surface area contributed by atoms with E-state index < -0.39 is 18.1 Å². The number of rotatable bonds is 5. The molecule has 5 nitrogen and oxygen atoms in total. The summed E-state index contributed by atoms with van der Waals surface area (Å²) in [4.78, 5) is 25.9. The number of carboxylic acid groups (broad SMARTS) is 1. The van der Waals surface area contributed by atoms with E-state index in [1.165, 1.54) is 12.8 Å². The lowest BCUT2D eigenvalue weighted by Gasteiger charge is -2.34. The van der Waals surface area contributed by atoms with Gasteiger partial charge in [-0.15, -0.1) is 0 Å². The number of amides is 1. The zero-order valence-corrected chi connectivity index (χ0v) is 12.7. The molecule has 2 saturated carbocycles. The Morgan fingerprint density at radius 1 is 1.24 bits per heavy atom. The molecule has 1 amide bonds. The van der Waals surface area contributed by atoms with Crippen LogP contribution < -0.4 is 0 Å². The first-order chi connectivity index (χ1) is 10.1. The quantitative estimate of drug-likeness (QED) is 0.843. The second kappa shape index (κ2) is 5.95. The van der Waals surface area contributed by atoms with Crippen molar-refractivity contribution in [2.24, 2.45) is 11.8 Å². The number of hydrogen-bond acceptors (Lipinski definition) is 3. The van der Waals surface area contributed by atoms with Crippen molar-refractivity contribution in [2.45, 2.75) is 70.1 Å². The van der Waals surface area contributed by atoms with Gasteiger partial charge in [0.25, 0.3) is 5.91 Å². The van der Waals surface area contributed by atoms with E-state index in [1.54, 1.807) is 11.8 Å². The van der Waals surface area contributed by atoms with Gasteiger partial charge < -0.3 is 14.7 Å². The Kier molecular flexibility index (Phi) is 4.20. The molecule has 5 heteroatoms. The zero-order valence-electron chi connectivity index (χ0n) is 12.7. The second-order valence-corrected chi connectivity index (χ2v) is 6.87. The van der Waals surface area contributed by atoms with Gasteiger partial charge in [-0.05, 0) is 50.9 Å². The molecule has 0 spiro atoms. The molecule has 0 radical (unpaired) electrons. The van der Waals surface area contributed by atoms with Crippen molar-refractivity contribution < 1.29 is 19.4 Å². The monoisotopic (exact) mass is 295 g/mol. The first-order valence-electron chi connectivity index (χ1n) is 8.24. The standard InChI is InChI=1S/C16H25NO4/c1-10(21-9-11-6-7-11)15(18)17-13-5-3-2-4-12(13)8-14(17)16(19)20/h10-14H,2-9H2,1H3,(H,19,20). The van der Waals surface area contributed by atoms with Gasteiger partial charge >= 0.3 is 5.97 Å². The SMILES string of the molecule is CC(OCC1CC1)C(=O)N1C(C(=O)O)CC2CCCCC21. The van der Waals surface area contributed by atoms with E-state index in [4.69, 9.17) is 4.74 Å². The topological polar surface area (TPSA) is 66.8 Å². The van der Waals surface area contributed by atoms with Gasteiger partial charge in [-0.3, -0.25) is 4.79 Å². The van der Waals surface area contributed by atoms with Crippen molar-refractivity contribution in [1.82, 2.24) is 4.90 Å². The molecule has 1 aliphatic heterocycles. The molecule has 118 valence electrons. The summed E-state index contributed by atoms with van der Waals surface area (Å²) in [7, 11) is 0. The molecule has 4 unspecified atom stereocenters. The van der Waals surface area contributed by atoms with Crippen LogP contribution in [0.4, 0.5) is 0 Å². The number of carbonyl (C=O) groups is 2. The van der Waals surface area contributed by atoms with Crippen molar-refractivity contribution >= 4 is 11.9 Å². The summed E-state index contributed by atoms with van der Waals surface area (Å²) in [6.07, 6.45) is 6.71. The Balaban J connectivity index is 1.68. The van der Waals surface area contributed by atoms with Crippen LogP contribution in [0.2, 0.25) is 0 Å². The molecular weight excluding hydrogens is 270 g/mol. The maximum absolute atomic E-state index is 12.7. The third-order valence-corrected chi connectivity index (χ3v) is 5.25. The van der Waals surface area contributed by atoms with Crippen LogP contribution in [0.1, 0.15) is 51.9 Å². The van der Waals surface area contributed by atoms with Crippen molar-refractivity contribution in [3.05, 3.63) is 0 Å². The fourth-order valence-corrected chi connectivity index (χ4v) is 3.84. The number of nitrogens with zero attached hydrogens (tertiary/aromatic N) is 1. The van der Waals surface area contributed by atoms with Gasteiger partial charge in [0.1, 0.15) is 12.1 Å². The minimum atomic E-state index is -0.868. The summed E-state index contributed by atoms with van der Waals surface area (Å²) >= 11 is 0. The van der Waals surface area contributed by atoms with E-state index in [1.807, 2.05) is 0 Å². The second-order valence-electron chi connectivity index (χ2n) is 6.87. The summed E-state index contributed by atoms with van der Waals surface area (Å²) in [5.74, 6) is -0.0273. The number of aliphatic carboxylic acids is 1. The number of likely N-dealkylation sites (tertiary alicyclic amines) is 1. The highest BCUT2D eigenvalue weighted by Crippen LogP contribution is 2.40. The molecular formula is C16H25NO4. The smallest absolute Gasteiger partial charge is 0.326 e. The Morgan fingerprint density at radius 2 is 1.95 bits per heavy atom. The third kappa shape index (κ3) is 3.07. The van der Waals surface area contributed by atoms with Crippen LogP contribution in [0, 0.1) is 11.8 Å². The van der Waals surface area contributed by atoms with Crippen LogP contribution >= 0.6 is 0 Å². The van der Waals surface area contributed by atoms with Gasteiger partial charge in [0.2, 0.25) is 0 Å². The molecule has 0 aromatic rings. The van der Waals surface area contributed by atoms with Crippen molar-refractivity contribution in [2.75, 3.05) is 6.61 Å².